The van der Waals surface area contributed by atoms with Crippen molar-refractivity contribution in [3.05, 3.63) is 59.5 Å². The lowest BCUT2D eigenvalue weighted by molar-refractivity contribution is -0.194. The molecular formula is C35H41F5N6O6. The monoisotopic (exact) mass is 736 g/mol. The normalized spacial score (nSPS) is 23.5. The summed E-state index contributed by atoms with van der Waals surface area (Å²) in [6.07, 6.45) is -5.10. The van der Waals surface area contributed by atoms with Crippen molar-refractivity contribution in [2.75, 3.05) is 31.7 Å². The quantitative estimate of drug-likeness (QED) is 0.183. The number of benzene rings is 1. The third kappa shape index (κ3) is 8.08. The number of aromatic nitrogens is 3. The topological polar surface area (TPSA) is 147 Å². The maximum atomic E-state index is 14.2. The molecule has 282 valence electrons. The van der Waals surface area contributed by atoms with Gasteiger partial charge in [0.05, 0.1) is 35.2 Å². The van der Waals surface area contributed by atoms with Crippen molar-refractivity contribution in [3.63, 3.8) is 0 Å². The van der Waals surface area contributed by atoms with Crippen molar-refractivity contribution >= 4 is 29.3 Å². The van der Waals surface area contributed by atoms with Gasteiger partial charge in [-0.1, -0.05) is 30.3 Å². The number of ether oxygens (including phenoxy) is 2. The Morgan fingerprint density at radius 3 is 2.50 bits per heavy atom. The maximum Gasteiger partial charge on any atom is 0.408 e. The highest BCUT2D eigenvalue weighted by Gasteiger charge is 2.56. The molecule has 2 unspecified atom stereocenters. The lowest BCUT2D eigenvalue weighted by Crippen LogP contribution is -2.57. The number of hydrogen-bond donors (Lipinski definition) is 3. The third-order valence-electron chi connectivity index (χ3n) is 10.6. The predicted molar refractivity (Wildman–Crippen MR) is 176 cm³/mol. The number of hydrogen-bond acceptors (Lipinski definition) is 8. The number of carbonyl (C=O) groups excluding carboxylic acids is 2. The number of rotatable bonds is 10. The van der Waals surface area contributed by atoms with Gasteiger partial charge in [0, 0.05) is 58.2 Å². The molecule has 3 fully saturated rings. The van der Waals surface area contributed by atoms with Crippen LogP contribution < -0.4 is 15.5 Å². The summed E-state index contributed by atoms with van der Waals surface area (Å²) in [6.45, 7) is 0.139. The number of fused-ring (bicyclic) bond motifs is 1. The van der Waals surface area contributed by atoms with Crippen molar-refractivity contribution in [2.45, 2.75) is 82.2 Å². The summed E-state index contributed by atoms with van der Waals surface area (Å²) in [5.41, 5.74) is -0.795. The molecular weight excluding hydrogens is 695 g/mol. The number of carboxylic acid groups (broad SMARTS) is 1. The van der Waals surface area contributed by atoms with Gasteiger partial charge < -0.3 is 30.1 Å². The molecule has 1 aromatic carbocycles. The summed E-state index contributed by atoms with van der Waals surface area (Å²) in [5.74, 6) is -8.12. The summed E-state index contributed by atoms with van der Waals surface area (Å²) in [6, 6.07) is 9.60. The predicted octanol–water partition coefficient (Wildman–Crippen LogP) is 5.45. The molecule has 0 spiro atoms. The van der Waals surface area contributed by atoms with Gasteiger partial charge in [-0.15, -0.1) is 0 Å². The van der Waals surface area contributed by atoms with Crippen molar-refractivity contribution < 1.29 is 50.9 Å². The van der Waals surface area contributed by atoms with Gasteiger partial charge >= 0.3 is 18.2 Å². The molecule has 1 aliphatic carbocycles. The van der Waals surface area contributed by atoms with E-state index in [2.05, 4.69) is 15.7 Å². The van der Waals surface area contributed by atoms with Crippen LogP contribution in [0.2, 0.25) is 0 Å². The number of alkyl halides is 5. The fourth-order valence-corrected chi connectivity index (χ4v) is 7.44. The van der Waals surface area contributed by atoms with E-state index < -0.39 is 72.7 Å². The van der Waals surface area contributed by atoms with Crippen LogP contribution in [0, 0.1) is 17.3 Å². The largest absolute Gasteiger partial charge is 0.480 e. The molecule has 3 atom stereocenters. The molecule has 1 saturated carbocycles. The van der Waals surface area contributed by atoms with E-state index >= 15 is 0 Å². The Morgan fingerprint density at radius 2 is 1.85 bits per heavy atom. The Hall–Kier alpha value is -4.54. The number of alkyl carbamates (subject to hydrolysis) is 1. The summed E-state index contributed by atoms with van der Waals surface area (Å²) in [4.78, 5) is 45.6. The number of halogens is 5. The molecule has 6 rings (SSSR count). The summed E-state index contributed by atoms with van der Waals surface area (Å²) < 4.78 is 82.4. The molecule has 0 bridgehead atoms. The standard InChI is InChI=1S/C35H41F5N6O6/c1-45(24-9-13-51-14-10-24)27-15-28-42-26(19-46(28)44-25(27)17-33(31(48)49)16-23(35(38,39)40)18-41-30(33)47)29(22-7-11-34(36,37)12-8-22)43-32(50)52-20-21-5-3-2-4-6-21/h2-6,15,19,22-24,29H,7-14,16-18,20H2,1H3,(H,41,47)(H,43,50)(H,48,49)/t23-,29?,33?/m1/s1. The Morgan fingerprint density at radius 1 is 1.15 bits per heavy atom. The van der Waals surface area contributed by atoms with Gasteiger partial charge in [0.15, 0.2) is 11.1 Å². The van der Waals surface area contributed by atoms with Gasteiger partial charge in [0.2, 0.25) is 11.8 Å². The van der Waals surface area contributed by atoms with E-state index in [9.17, 15) is 41.4 Å². The number of anilines is 1. The van der Waals surface area contributed by atoms with E-state index in [1.807, 2.05) is 11.0 Å². The van der Waals surface area contributed by atoms with E-state index in [-0.39, 0.29) is 55.4 Å². The number of amides is 2. The number of imidazole rings is 1. The van der Waals surface area contributed by atoms with Crippen LogP contribution in [0.5, 0.6) is 0 Å². The lowest BCUT2D eigenvalue weighted by atomic mass is 9.72. The summed E-state index contributed by atoms with van der Waals surface area (Å²) >= 11 is 0. The molecule has 3 N–H and O–H groups in total. The van der Waals surface area contributed by atoms with E-state index in [0.29, 0.717) is 31.7 Å². The van der Waals surface area contributed by atoms with Crippen LogP contribution in [0.4, 0.5) is 32.4 Å². The SMILES string of the molecule is CN(c1cc2nc(C(NC(=O)OCc3ccccc3)C3CCC(F)(F)CC3)cn2nc1CC1(C(=O)O)C[C@@H](C(F)(F)F)CNC1=O)C1CCOCC1. The fraction of sp³-hybridized carbons (Fsp3) is 0.571. The number of aliphatic carboxylic acids is 1. The Labute approximate surface area is 296 Å². The number of piperidine rings is 1. The van der Waals surface area contributed by atoms with Crippen LogP contribution in [0.3, 0.4) is 0 Å². The molecule has 17 heteroatoms. The first-order valence-electron chi connectivity index (χ1n) is 17.3. The van der Waals surface area contributed by atoms with Gasteiger partial charge in [0.1, 0.15) is 6.61 Å². The highest BCUT2D eigenvalue weighted by molar-refractivity contribution is 6.03. The van der Waals surface area contributed by atoms with E-state index in [1.165, 1.54) is 10.7 Å². The minimum absolute atomic E-state index is 0.0335. The number of carboxylic acids is 1. The second-order valence-electron chi connectivity index (χ2n) is 14.0. The van der Waals surface area contributed by atoms with E-state index in [1.54, 1.807) is 37.4 Å². The average Bonchev–Trinajstić information content (AvgIpc) is 3.53. The molecule has 12 nitrogen and oxygen atoms in total. The zero-order chi connectivity index (χ0) is 37.3. The molecule has 3 aromatic rings. The molecule has 52 heavy (non-hydrogen) atoms. The zero-order valence-electron chi connectivity index (χ0n) is 28.5. The zero-order valence-corrected chi connectivity index (χ0v) is 28.5. The maximum absolute atomic E-state index is 14.2. The van der Waals surface area contributed by atoms with Crippen LogP contribution in [-0.2, 0) is 32.1 Å². The third-order valence-corrected chi connectivity index (χ3v) is 10.6. The molecule has 3 aliphatic rings. The molecule has 2 saturated heterocycles. The molecule has 2 aromatic heterocycles. The van der Waals surface area contributed by atoms with E-state index in [4.69, 9.17) is 14.5 Å². The van der Waals surface area contributed by atoms with E-state index in [0.717, 1.165) is 5.56 Å². The highest BCUT2D eigenvalue weighted by Crippen LogP contribution is 2.44. The Kier molecular flexibility index (Phi) is 10.6. The van der Waals surface area contributed by atoms with Gasteiger partial charge in [-0.2, -0.15) is 18.3 Å². The summed E-state index contributed by atoms with van der Waals surface area (Å²) in [7, 11) is 1.75. The average molecular weight is 737 g/mol. The second-order valence-corrected chi connectivity index (χ2v) is 14.0. The fourth-order valence-electron chi connectivity index (χ4n) is 7.44. The van der Waals surface area contributed by atoms with Crippen molar-refractivity contribution in [1.82, 2.24) is 25.2 Å². The van der Waals surface area contributed by atoms with Gasteiger partial charge in [-0.05, 0) is 43.6 Å². The van der Waals surface area contributed by atoms with Crippen molar-refractivity contribution in [3.8, 4) is 0 Å². The van der Waals surface area contributed by atoms with Crippen LogP contribution in [0.15, 0.2) is 42.6 Å². The minimum Gasteiger partial charge on any atom is -0.480 e. The van der Waals surface area contributed by atoms with Crippen LogP contribution in [0.25, 0.3) is 5.65 Å². The highest BCUT2D eigenvalue weighted by atomic mass is 19.4. The first-order valence-corrected chi connectivity index (χ1v) is 17.3. The molecule has 2 amide bonds. The molecule has 0 radical (unpaired) electrons. The smallest absolute Gasteiger partial charge is 0.408 e. The first kappa shape index (κ1) is 37.2. The number of carbonyl (C=O) groups is 3. The number of nitrogens with one attached hydrogen (secondary N) is 2. The second kappa shape index (κ2) is 14.8. The van der Waals surface area contributed by atoms with Gasteiger partial charge in [-0.25, -0.2) is 23.1 Å². The summed E-state index contributed by atoms with van der Waals surface area (Å²) in [5, 5.41) is 20.0. The van der Waals surface area contributed by atoms with Gasteiger partial charge in [-0.3, -0.25) is 9.59 Å². The first-order chi connectivity index (χ1) is 24.6. The van der Waals surface area contributed by atoms with Crippen molar-refractivity contribution in [2.24, 2.45) is 17.3 Å². The lowest BCUT2D eigenvalue weighted by Gasteiger charge is -2.38. The van der Waals surface area contributed by atoms with Crippen molar-refractivity contribution in [1.29, 1.82) is 0 Å². The Balaban J connectivity index is 1.38. The molecule has 2 aliphatic heterocycles. The van der Waals surface area contributed by atoms with Gasteiger partial charge in [0.25, 0.3) is 0 Å². The number of nitrogens with zero attached hydrogens (tertiary/aromatic N) is 4. The van der Waals surface area contributed by atoms with Crippen LogP contribution >= 0.6 is 0 Å². The minimum atomic E-state index is -4.75. The Bertz CT molecular complexity index is 1760. The van der Waals surface area contributed by atoms with Crippen LogP contribution in [-0.4, -0.2) is 82.6 Å². The van der Waals surface area contributed by atoms with Crippen LogP contribution in [0.1, 0.15) is 67.9 Å². The molecule has 4 heterocycles.